The van der Waals surface area contributed by atoms with Crippen LogP contribution in [0.4, 0.5) is 0 Å². The molecule has 0 unspecified atom stereocenters. The van der Waals surface area contributed by atoms with Crippen molar-refractivity contribution in [3.05, 3.63) is 53.1 Å². The van der Waals surface area contributed by atoms with Crippen molar-refractivity contribution in [2.75, 3.05) is 0 Å². The fraction of sp³-hybridized carbons (Fsp3) is 0. The second-order valence-electron chi connectivity index (χ2n) is 6.85. The second kappa shape index (κ2) is 10.4. The van der Waals surface area contributed by atoms with Crippen LogP contribution in [0.1, 0.15) is 31.1 Å². The molecule has 0 radical (unpaired) electrons. The summed E-state index contributed by atoms with van der Waals surface area (Å²) in [6.07, 6.45) is 0. The Labute approximate surface area is 214 Å². The zero-order valence-corrected chi connectivity index (χ0v) is 21.4. The Balaban J connectivity index is 1.94. The summed E-state index contributed by atoms with van der Waals surface area (Å²) in [4.78, 5) is 37.7. The number of carbonyl (C=O) groups is 3. The topological polar surface area (TPSA) is 261 Å². The first kappa shape index (κ1) is 26.8. The molecule has 0 saturated heterocycles. The number of phenols is 9. The third-order valence-corrected chi connectivity index (χ3v) is 8.19. The van der Waals surface area contributed by atoms with Crippen LogP contribution in [0.15, 0.2) is 36.4 Å². The predicted molar refractivity (Wildman–Crippen MR) is 116 cm³/mol. The molecule has 0 aromatic heterocycles. The Morgan fingerprint density at radius 2 is 0.676 bits per heavy atom. The van der Waals surface area contributed by atoms with Gasteiger partial charge in [-0.1, -0.05) is 0 Å². The van der Waals surface area contributed by atoms with Gasteiger partial charge in [0, 0.05) is 0 Å². The molecule has 15 nitrogen and oxygen atoms in total. The van der Waals surface area contributed by atoms with Gasteiger partial charge in [0.05, 0.1) is 0 Å². The SMILES string of the molecule is O=C([O][Bi]([O]C(=O)c1ccc(O)c(O)c1O)[O]C(=O)c1ccc(O)c(O)c1O)c1ccc(O)c(O)c1O. The zero-order chi connectivity index (χ0) is 27.6. The summed E-state index contributed by atoms with van der Waals surface area (Å²) in [7, 11) is 0. The van der Waals surface area contributed by atoms with E-state index in [9.17, 15) is 60.3 Å². The molecular formula is C21H15BiO15. The Bertz CT molecular complexity index is 1250. The molecule has 0 aliphatic carbocycles. The van der Waals surface area contributed by atoms with Crippen LogP contribution in [0.3, 0.4) is 0 Å². The van der Waals surface area contributed by atoms with Crippen molar-refractivity contribution in [1.29, 1.82) is 0 Å². The van der Waals surface area contributed by atoms with E-state index in [0.717, 1.165) is 36.4 Å². The molecule has 0 spiro atoms. The van der Waals surface area contributed by atoms with Crippen LogP contribution in [0.2, 0.25) is 0 Å². The maximum absolute atomic E-state index is 12.6. The molecule has 0 aliphatic heterocycles. The van der Waals surface area contributed by atoms with Crippen LogP contribution in [0.25, 0.3) is 0 Å². The number of hydrogen-bond donors (Lipinski definition) is 9. The zero-order valence-electron chi connectivity index (χ0n) is 17.9. The van der Waals surface area contributed by atoms with Gasteiger partial charge >= 0.3 is 215 Å². The fourth-order valence-electron chi connectivity index (χ4n) is 2.61. The van der Waals surface area contributed by atoms with Crippen molar-refractivity contribution in [3.8, 4) is 51.7 Å². The quantitative estimate of drug-likeness (QED) is 0.127. The Kier molecular flexibility index (Phi) is 7.53. The maximum atomic E-state index is 12.6. The van der Waals surface area contributed by atoms with E-state index in [-0.39, 0.29) is 0 Å². The summed E-state index contributed by atoms with van der Waals surface area (Å²) >= 11 is -5.19. The summed E-state index contributed by atoms with van der Waals surface area (Å²) < 4.78 is 14.8. The van der Waals surface area contributed by atoms with Crippen molar-refractivity contribution >= 4 is 41.0 Å². The summed E-state index contributed by atoms with van der Waals surface area (Å²) in [5.41, 5.74) is -2.26. The van der Waals surface area contributed by atoms with Crippen LogP contribution in [0, 0.1) is 0 Å². The van der Waals surface area contributed by atoms with Gasteiger partial charge < -0.3 is 0 Å². The molecule has 9 N–H and O–H groups in total. The van der Waals surface area contributed by atoms with Gasteiger partial charge in [0.1, 0.15) is 0 Å². The average molecular weight is 716 g/mol. The molecule has 0 aliphatic rings. The number of carbonyl (C=O) groups excluding carboxylic acids is 3. The number of rotatable bonds is 6. The van der Waals surface area contributed by atoms with E-state index >= 15 is 0 Å². The second-order valence-corrected chi connectivity index (χ2v) is 10.7. The van der Waals surface area contributed by atoms with Gasteiger partial charge in [-0.3, -0.25) is 0 Å². The summed E-state index contributed by atoms with van der Waals surface area (Å²) in [5.74, 6) is -13.6. The van der Waals surface area contributed by atoms with E-state index in [0.29, 0.717) is 0 Å². The van der Waals surface area contributed by atoms with Gasteiger partial charge in [-0.15, -0.1) is 0 Å². The molecule has 0 fully saturated rings. The van der Waals surface area contributed by atoms with Gasteiger partial charge in [-0.05, 0) is 0 Å². The van der Waals surface area contributed by atoms with E-state index < -0.39 is 109 Å². The van der Waals surface area contributed by atoms with Crippen LogP contribution >= 0.6 is 0 Å². The minimum absolute atomic E-state index is 0.752. The molecule has 0 bridgehead atoms. The molecule has 3 aromatic carbocycles. The minimum atomic E-state index is -5.19. The van der Waals surface area contributed by atoms with Crippen molar-refractivity contribution in [2.45, 2.75) is 0 Å². The van der Waals surface area contributed by atoms with Gasteiger partial charge in [0.25, 0.3) is 0 Å². The van der Waals surface area contributed by atoms with Crippen LogP contribution in [0.5, 0.6) is 51.7 Å². The van der Waals surface area contributed by atoms with Crippen molar-refractivity contribution < 1.29 is 68.8 Å². The number of benzene rings is 3. The molecule has 0 saturated carbocycles. The Morgan fingerprint density at radius 1 is 0.432 bits per heavy atom. The summed E-state index contributed by atoms with van der Waals surface area (Å²) in [6.45, 7) is 0. The molecule has 37 heavy (non-hydrogen) atoms. The van der Waals surface area contributed by atoms with Crippen molar-refractivity contribution in [2.24, 2.45) is 0 Å². The first-order valence-corrected chi connectivity index (χ1v) is 13.8. The van der Waals surface area contributed by atoms with E-state index in [4.69, 9.17) is 8.44 Å². The normalized spacial score (nSPS) is 10.6. The van der Waals surface area contributed by atoms with Gasteiger partial charge in [-0.25, -0.2) is 0 Å². The van der Waals surface area contributed by atoms with Gasteiger partial charge in [-0.2, -0.15) is 0 Å². The molecule has 16 heteroatoms. The monoisotopic (exact) mass is 716 g/mol. The molecule has 0 atom stereocenters. The summed E-state index contributed by atoms with van der Waals surface area (Å²) in [5, 5.41) is 86.7. The molecule has 0 amide bonds. The fourth-order valence-corrected chi connectivity index (χ4v) is 5.77. The van der Waals surface area contributed by atoms with Gasteiger partial charge in [0.15, 0.2) is 0 Å². The third-order valence-electron chi connectivity index (χ3n) is 4.52. The Morgan fingerprint density at radius 3 is 0.919 bits per heavy atom. The van der Waals surface area contributed by atoms with Crippen LogP contribution in [-0.4, -0.2) is 86.9 Å². The molecule has 194 valence electrons. The predicted octanol–water partition coefficient (Wildman–Crippen LogP) is 0.893. The van der Waals surface area contributed by atoms with Gasteiger partial charge in [0.2, 0.25) is 0 Å². The van der Waals surface area contributed by atoms with Crippen molar-refractivity contribution in [1.82, 2.24) is 0 Å². The van der Waals surface area contributed by atoms with Crippen LogP contribution in [-0.2, 0) is 8.44 Å². The first-order chi connectivity index (χ1) is 17.3. The van der Waals surface area contributed by atoms with E-state index in [1.54, 1.807) is 0 Å². The number of aromatic hydroxyl groups is 9. The van der Waals surface area contributed by atoms with Crippen molar-refractivity contribution in [3.63, 3.8) is 0 Å². The Hall–Kier alpha value is -4.85. The van der Waals surface area contributed by atoms with E-state index in [1.807, 2.05) is 0 Å². The first-order valence-electron chi connectivity index (χ1n) is 9.52. The van der Waals surface area contributed by atoms with E-state index in [2.05, 4.69) is 0 Å². The third kappa shape index (κ3) is 5.38. The molecule has 3 aromatic rings. The number of hydrogen-bond acceptors (Lipinski definition) is 15. The standard InChI is InChI=1S/3C7H6O5.Bi/c3*8-4-2-1-3(7(11)12)5(9)6(4)10;/h3*1-2,8-10H,(H,11,12);/q;;;+3/p-3. The van der Waals surface area contributed by atoms with E-state index in [1.165, 1.54) is 0 Å². The average Bonchev–Trinajstić information content (AvgIpc) is 2.84. The molecule has 3 rings (SSSR count). The molecular weight excluding hydrogens is 701 g/mol. The van der Waals surface area contributed by atoms with Crippen LogP contribution < -0.4 is 0 Å². The molecule has 0 heterocycles. The number of phenolic OH excluding ortho intramolecular Hbond substituents is 9. The summed E-state index contributed by atoms with van der Waals surface area (Å²) in [6, 6.07) is 4.86.